The number of benzene rings is 3. The number of fused-ring (bicyclic) bond motifs is 1. The summed E-state index contributed by atoms with van der Waals surface area (Å²) in [6, 6.07) is 20.5. The number of carbonyl (C=O) groups is 2. The van der Waals surface area contributed by atoms with E-state index in [-0.39, 0.29) is 37.4 Å². The van der Waals surface area contributed by atoms with Gasteiger partial charge in [0.1, 0.15) is 11.4 Å². The minimum absolute atomic E-state index is 0.138. The van der Waals surface area contributed by atoms with Crippen LogP contribution in [-0.2, 0) is 22.6 Å². The third kappa shape index (κ3) is 5.03. The van der Waals surface area contributed by atoms with Gasteiger partial charge in [0.25, 0.3) is 0 Å². The quantitative estimate of drug-likeness (QED) is 0.515. The standard InChI is InChI=1S/C27H27FN2O4/c1-3-27(2,26(32)29-22-13-14-23-24(16-22)34-18-33-23)30(17-20-9-11-21(28)12-10-20)25(31)15-19-7-5-4-6-8-19/h4-14,16H,3,15,17-18H2,1-2H3,(H,29,32). The van der Waals surface area contributed by atoms with Crippen molar-refractivity contribution in [2.75, 3.05) is 12.1 Å². The lowest BCUT2D eigenvalue weighted by Crippen LogP contribution is -2.56. The van der Waals surface area contributed by atoms with Crippen LogP contribution in [0.15, 0.2) is 72.8 Å². The van der Waals surface area contributed by atoms with E-state index < -0.39 is 5.54 Å². The molecule has 1 aliphatic rings. The van der Waals surface area contributed by atoms with E-state index in [1.165, 1.54) is 12.1 Å². The average Bonchev–Trinajstić information content (AvgIpc) is 3.31. The van der Waals surface area contributed by atoms with Crippen molar-refractivity contribution in [3.8, 4) is 11.5 Å². The van der Waals surface area contributed by atoms with E-state index in [0.29, 0.717) is 23.6 Å². The van der Waals surface area contributed by atoms with Gasteiger partial charge in [-0.25, -0.2) is 4.39 Å². The van der Waals surface area contributed by atoms with Gasteiger partial charge in [0.05, 0.1) is 6.42 Å². The number of nitrogens with zero attached hydrogens (tertiary/aromatic N) is 1. The van der Waals surface area contributed by atoms with Crippen molar-refractivity contribution < 1.29 is 23.5 Å². The second-order valence-electron chi connectivity index (χ2n) is 8.42. The molecular formula is C27H27FN2O4. The first-order chi connectivity index (χ1) is 16.4. The van der Waals surface area contributed by atoms with Crippen molar-refractivity contribution in [1.82, 2.24) is 4.90 Å². The minimum Gasteiger partial charge on any atom is -0.454 e. The first-order valence-corrected chi connectivity index (χ1v) is 11.2. The average molecular weight is 463 g/mol. The Labute approximate surface area is 198 Å². The highest BCUT2D eigenvalue weighted by molar-refractivity contribution is 6.00. The van der Waals surface area contributed by atoms with Crippen LogP contribution in [-0.4, -0.2) is 29.0 Å². The first-order valence-electron chi connectivity index (χ1n) is 11.2. The van der Waals surface area contributed by atoms with Gasteiger partial charge < -0.3 is 19.7 Å². The highest BCUT2D eigenvalue weighted by Crippen LogP contribution is 2.35. The van der Waals surface area contributed by atoms with Crippen molar-refractivity contribution in [1.29, 1.82) is 0 Å². The number of carbonyl (C=O) groups excluding carboxylic acids is 2. The fourth-order valence-corrected chi connectivity index (χ4v) is 3.89. The van der Waals surface area contributed by atoms with Crippen molar-refractivity contribution in [2.24, 2.45) is 0 Å². The zero-order valence-electron chi connectivity index (χ0n) is 19.2. The predicted molar refractivity (Wildman–Crippen MR) is 127 cm³/mol. The molecule has 0 radical (unpaired) electrons. The summed E-state index contributed by atoms with van der Waals surface area (Å²) in [6.07, 6.45) is 0.528. The van der Waals surface area contributed by atoms with Crippen LogP contribution in [0.2, 0.25) is 0 Å². The molecule has 0 bridgehead atoms. The van der Waals surface area contributed by atoms with E-state index >= 15 is 0 Å². The Hall–Kier alpha value is -3.87. The number of halogens is 1. The summed E-state index contributed by atoms with van der Waals surface area (Å²) < 4.78 is 24.2. The molecular weight excluding hydrogens is 435 g/mol. The molecule has 7 heteroatoms. The van der Waals surface area contributed by atoms with E-state index in [1.807, 2.05) is 37.3 Å². The van der Waals surface area contributed by atoms with Crippen LogP contribution in [0.3, 0.4) is 0 Å². The lowest BCUT2D eigenvalue weighted by atomic mass is 9.92. The van der Waals surface area contributed by atoms with Crippen LogP contribution in [0, 0.1) is 5.82 Å². The maximum atomic E-state index is 13.6. The molecule has 0 spiro atoms. The molecule has 2 amide bonds. The fourth-order valence-electron chi connectivity index (χ4n) is 3.89. The van der Waals surface area contributed by atoms with Crippen molar-refractivity contribution in [3.63, 3.8) is 0 Å². The third-order valence-corrected chi connectivity index (χ3v) is 6.16. The summed E-state index contributed by atoms with van der Waals surface area (Å²) in [5.74, 6) is 0.300. The number of amides is 2. The van der Waals surface area contributed by atoms with Crippen LogP contribution in [0.5, 0.6) is 11.5 Å². The highest BCUT2D eigenvalue weighted by Gasteiger charge is 2.40. The first kappa shape index (κ1) is 23.3. The van der Waals surface area contributed by atoms with Crippen LogP contribution < -0.4 is 14.8 Å². The number of nitrogens with one attached hydrogen (secondary N) is 1. The maximum Gasteiger partial charge on any atom is 0.250 e. The Balaban J connectivity index is 1.62. The summed E-state index contributed by atoms with van der Waals surface area (Å²) in [4.78, 5) is 28.7. The van der Waals surface area contributed by atoms with Crippen LogP contribution in [0.1, 0.15) is 31.4 Å². The second kappa shape index (κ2) is 9.95. The molecule has 0 aliphatic carbocycles. The molecule has 3 aromatic carbocycles. The van der Waals surface area contributed by atoms with Gasteiger partial charge in [0.15, 0.2) is 11.5 Å². The summed E-state index contributed by atoms with van der Waals surface area (Å²) >= 11 is 0. The van der Waals surface area contributed by atoms with Crippen LogP contribution >= 0.6 is 0 Å². The van der Waals surface area contributed by atoms with Gasteiger partial charge in [-0.2, -0.15) is 0 Å². The molecule has 1 aliphatic heterocycles. The van der Waals surface area contributed by atoms with Gasteiger partial charge in [-0.3, -0.25) is 9.59 Å². The molecule has 6 nitrogen and oxygen atoms in total. The normalized spacial score (nSPS) is 13.7. The molecule has 0 aromatic heterocycles. The summed E-state index contributed by atoms with van der Waals surface area (Å²) in [5.41, 5.74) is 0.979. The van der Waals surface area contributed by atoms with Gasteiger partial charge >= 0.3 is 0 Å². The number of anilines is 1. The van der Waals surface area contributed by atoms with Gasteiger partial charge in [-0.1, -0.05) is 49.4 Å². The number of hydrogen-bond acceptors (Lipinski definition) is 4. The van der Waals surface area contributed by atoms with Gasteiger partial charge in [0, 0.05) is 18.3 Å². The Bertz CT molecular complexity index is 1170. The van der Waals surface area contributed by atoms with E-state index in [1.54, 1.807) is 42.2 Å². The minimum atomic E-state index is -1.16. The maximum absolute atomic E-state index is 13.6. The molecule has 1 unspecified atom stereocenters. The number of hydrogen-bond donors (Lipinski definition) is 1. The molecule has 1 atom stereocenters. The topological polar surface area (TPSA) is 67.9 Å². The zero-order chi connectivity index (χ0) is 24.1. The monoisotopic (exact) mass is 462 g/mol. The Kier molecular flexibility index (Phi) is 6.82. The Morgan fingerprint density at radius 3 is 2.38 bits per heavy atom. The number of rotatable bonds is 8. The zero-order valence-corrected chi connectivity index (χ0v) is 19.2. The van der Waals surface area contributed by atoms with Gasteiger partial charge in [-0.15, -0.1) is 0 Å². The fraction of sp³-hybridized carbons (Fsp3) is 0.259. The molecule has 34 heavy (non-hydrogen) atoms. The molecule has 1 N–H and O–H groups in total. The molecule has 4 rings (SSSR count). The van der Waals surface area contributed by atoms with Gasteiger partial charge in [0.2, 0.25) is 18.6 Å². The second-order valence-corrected chi connectivity index (χ2v) is 8.42. The largest absolute Gasteiger partial charge is 0.454 e. The van der Waals surface area contributed by atoms with Crippen molar-refractivity contribution in [2.45, 2.75) is 38.8 Å². The summed E-state index contributed by atoms with van der Waals surface area (Å²) in [6.45, 7) is 3.93. The van der Waals surface area contributed by atoms with Crippen LogP contribution in [0.25, 0.3) is 0 Å². The predicted octanol–water partition coefficient (Wildman–Crippen LogP) is 4.93. The lowest BCUT2D eigenvalue weighted by Gasteiger charge is -2.40. The molecule has 3 aromatic rings. The molecule has 0 fully saturated rings. The van der Waals surface area contributed by atoms with Crippen molar-refractivity contribution >= 4 is 17.5 Å². The third-order valence-electron chi connectivity index (χ3n) is 6.16. The number of ether oxygens (including phenoxy) is 2. The lowest BCUT2D eigenvalue weighted by molar-refractivity contribution is -0.145. The van der Waals surface area contributed by atoms with E-state index in [9.17, 15) is 14.0 Å². The smallest absolute Gasteiger partial charge is 0.250 e. The molecule has 1 heterocycles. The molecule has 176 valence electrons. The van der Waals surface area contributed by atoms with Gasteiger partial charge in [-0.05, 0) is 48.7 Å². The van der Waals surface area contributed by atoms with Crippen molar-refractivity contribution in [3.05, 3.63) is 89.7 Å². The van der Waals surface area contributed by atoms with E-state index in [2.05, 4.69) is 5.32 Å². The SMILES string of the molecule is CCC(C)(C(=O)Nc1ccc2c(c1)OCO2)N(Cc1ccc(F)cc1)C(=O)Cc1ccccc1. The van der Waals surface area contributed by atoms with Crippen LogP contribution in [0.4, 0.5) is 10.1 Å². The summed E-state index contributed by atoms with van der Waals surface area (Å²) in [5, 5.41) is 2.93. The summed E-state index contributed by atoms with van der Waals surface area (Å²) in [7, 11) is 0. The Morgan fingerprint density at radius 1 is 0.971 bits per heavy atom. The van der Waals surface area contributed by atoms with E-state index in [0.717, 1.165) is 11.1 Å². The highest BCUT2D eigenvalue weighted by atomic mass is 19.1. The Morgan fingerprint density at radius 2 is 1.68 bits per heavy atom. The van der Waals surface area contributed by atoms with E-state index in [4.69, 9.17) is 9.47 Å². The molecule has 0 saturated carbocycles. The molecule has 0 saturated heterocycles.